The molecule has 0 unspecified atom stereocenters. The molecule has 1 fully saturated rings. The summed E-state index contributed by atoms with van der Waals surface area (Å²) in [6.45, 7) is 0.457. The maximum atomic E-state index is 12.5. The Balaban J connectivity index is 1.66. The van der Waals surface area contributed by atoms with E-state index in [-0.39, 0.29) is 18.7 Å². The van der Waals surface area contributed by atoms with Gasteiger partial charge in [-0.2, -0.15) is 0 Å². The molecule has 4 rings (SSSR count). The molecule has 0 aliphatic carbocycles. The molecular formula is C23H24O8. The highest BCUT2D eigenvalue weighted by Crippen LogP contribution is 2.43. The lowest BCUT2D eigenvalue weighted by Gasteiger charge is -2.14. The molecular weight excluding hydrogens is 404 g/mol. The summed E-state index contributed by atoms with van der Waals surface area (Å²) in [5, 5.41) is 0. The Morgan fingerprint density at radius 3 is 2.26 bits per heavy atom. The van der Waals surface area contributed by atoms with Crippen LogP contribution in [0.3, 0.4) is 0 Å². The van der Waals surface area contributed by atoms with Gasteiger partial charge in [0.25, 0.3) is 0 Å². The minimum Gasteiger partial charge on any atom is -0.493 e. The van der Waals surface area contributed by atoms with E-state index in [0.717, 1.165) is 11.1 Å². The van der Waals surface area contributed by atoms with Gasteiger partial charge in [-0.15, -0.1) is 0 Å². The number of esters is 1. The standard InChI is InChI=1S/C23H24O8/c1-25-17-8-14(9-18(26-2)21(17)28-4)6-16-15(11-29-23(16)24)5-13-7-19(27-3)22-20(10-13)30-12-31-22/h6-10,15H,5,11-12H2,1-4H3/t15-/m1/s1. The van der Waals surface area contributed by atoms with Gasteiger partial charge in [0.2, 0.25) is 18.3 Å². The van der Waals surface area contributed by atoms with Crippen molar-refractivity contribution in [3.8, 4) is 34.5 Å². The molecule has 8 nitrogen and oxygen atoms in total. The number of fused-ring (bicyclic) bond motifs is 1. The Hall–Kier alpha value is -3.55. The summed E-state index contributed by atoms with van der Waals surface area (Å²) in [5.74, 6) is 2.88. The fourth-order valence-electron chi connectivity index (χ4n) is 3.81. The predicted molar refractivity (Wildman–Crippen MR) is 111 cm³/mol. The molecule has 0 aromatic heterocycles. The maximum absolute atomic E-state index is 12.5. The second kappa shape index (κ2) is 8.67. The van der Waals surface area contributed by atoms with Gasteiger partial charge in [0.15, 0.2) is 23.0 Å². The quantitative estimate of drug-likeness (QED) is 0.491. The molecule has 2 heterocycles. The van der Waals surface area contributed by atoms with Crippen LogP contribution < -0.4 is 28.4 Å². The third-order valence-corrected chi connectivity index (χ3v) is 5.30. The molecule has 0 N–H and O–H groups in total. The number of carbonyl (C=O) groups is 1. The van der Waals surface area contributed by atoms with Crippen molar-refractivity contribution in [3.05, 3.63) is 41.0 Å². The second-order valence-corrected chi connectivity index (χ2v) is 7.09. The van der Waals surface area contributed by atoms with Gasteiger partial charge in [-0.1, -0.05) is 0 Å². The van der Waals surface area contributed by atoms with Crippen molar-refractivity contribution in [2.75, 3.05) is 41.8 Å². The summed E-state index contributed by atoms with van der Waals surface area (Å²) < 4.78 is 37.9. The summed E-state index contributed by atoms with van der Waals surface area (Å²) in [6, 6.07) is 7.39. The van der Waals surface area contributed by atoms with Crippen LogP contribution in [0.15, 0.2) is 29.8 Å². The Bertz CT molecular complexity index is 1000. The summed E-state index contributed by atoms with van der Waals surface area (Å²) >= 11 is 0. The van der Waals surface area contributed by atoms with E-state index in [0.29, 0.717) is 53.1 Å². The van der Waals surface area contributed by atoms with Crippen LogP contribution in [0.4, 0.5) is 0 Å². The lowest BCUT2D eigenvalue weighted by atomic mass is 9.92. The minimum absolute atomic E-state index is 0.128. The smallest absolute Gasteiger partial charge is 0.334 e. The van der Waals surface area contributed by atoms with Gasteiger partial charge >= 0.3 is 5.97 Å². The zero-order valence-corrected chi connectivity index (χ0v) is 17.9. The van der Waals surface area contributed by atoms with Crippen LogP contribution in [-0.2, 0) is 16.0 Å². The summed E-state index contributed by atoms with van der Waals surface area (Å²) in [4.78, 5) is 12.5. The van der Waals surface area contributed by atoms with E-state index in [9.17, 15) is 4.79 Å². The van der Waals surface area contributed by atoms with E-state index in [2.05, 4.69) is 0 Å². The van der Waals surface area contributed by atoms with Crippen LogP contribution in [-0.4, -0.2) is 47.8 Å². The summed E-state index contributed by atoms with van der Waals surface area (Å²) in [7, 11) is 6.23. The fraction of sp³-hybridized carbons (Fsp3) is 0.348. The Morgan fingerprint density at radius 1 is 0.903 bits per heavy atom. The number of cyclic esters (lactones) is 1. The molecule has 2 aliphatic rings. The minimum atomic E-state index is -0.341. The molecule has 1 atom stereocenters. The fourth-order valence-corrected chi connectivity index (χ4v) is 3.81. The van der Waals surface area contributed by atoms with Crippen molar-refractivity contribution in [1.29, 1.82) is 0 Å². The largest absolute Gasteiger partial charge is 0.493 e. The van der Waals surface area contributed by atoms with Crippen LogP contribution in [0, 0.1) is 5.92 Å². The lowest BCUT2D eigenvalue weighted by molar-refractivity contribution is -0.135. The van der Waals surface area contributed by atoms with Gasteiger partial charge in [-0.05, 0) is 47.9 Å². The number of methoxy groups -OCH3 is 4. The molecule has 0 saturated carbocycles. The Labute approximate surface area is 180 Å². The van der Waals surface area contributed by atoms with Gasteiger partial charge in [-0.3, -0.25) is 0 Å². The molecule has 1 saturated heterocycles. The Kier molecular flexibility index (Phi) is 5.79. The van der Waals surface area contributed by atoms with E-state index in [1.54, 1.807) is 46.6 Å². The zero-order valence-electron chi connectivity index (χ0n) is 17.9. The number of carbonyl (C=O) groups excluding carboxylic acids is 1. The topological polar surface area (TPSA) is 81.7 Å². The normalized spacial score (nSPS) is 18.1. The van der Waals surface area contributed by atoms with Crippen LogP contribution in [0.1, 0.15) is 11.1 Å². The van der Waals surface area contributed by atoms with Crippen molar-refractivity contribution in [3.63, 3.8) is 0 Å². The first kappa shape index (κ1) is 20.7. The van der Waals surface area contributed by atoms with Gasteiger partial charge in [-0.25, -0.2) is 4.79 Å². The third-order valence-electron chi connectivity index (χ3n) is 5.30. The molecule has 2 aromatic rings. The third kappa shape index (κ3) is 3.93. The summed E-state index contributed by atoms with van der Waals surface area (Å²) in [5.41, 5.74) is 2.28. The molecule has 0 spiro atoms. The van der Waals surface area contributed by atoms with E-state index in [1.165, 1.54) is 0 Å². The lowest BCUT2D eigenvalue weighted by Crippen LogP contribution is -2.08. The second-order valence-electron chi connectivity index (χ2n) is 7.09. The van der Waals surface area contributed by atoms with E-state index in [1.807, 2.05) is 12.1 Å². The number of rotatable bonds is 7. The van der Waals surface area contributed by atoms with Crippen LogP contribution in [0.5, 0.6) is 34.5 Å². The van der Waals surface area contributed by atoms with Crippen molar-refractivity contribution >= 4 is 12.0 Å². The van der Waals surface area contributed by atoms with Crippen molar-refractivity contribution in [2.24, 2.45) is 5.92 Å². The highest BCUT2D eigenvalue weighted by Gasteiger charge is 2.32. The Morgan fingerprint density at radius 2 is 1.61 bits per heavy atom. The average molecular weight is 428 g/mol. The molecule has 8 heteroatoms. The van der Waals surface area contributed by atoms with Crippen LogP contribution >= 0.6 is 0 Å². The molecule has 0 radical (unpaired) electrons. The van der Waals surface area contributed by atoms with Gasteiger partial charge in [0, 0.05) is 11.5 Å². The first-order valence-electron chi connectivity index (χ1n) is 9.73. The molecule has 0 amide bonds. The van der Waals surface area contributed by atoms with E-state index >= 15 is 0 Å². The molecule has 2 aliphatic heterocycles. The molecule has 164 valence electrons. The highest BCUT2D eigenvalue weighted by molar-refractivity contribution is 5.96. The van der Waals surface area contributed by atoms with E-state index < -0.39 is 0 Å². The van der Waals surface area contributed by atoms with Gasteiger partial charge in [0.1, 0.15) is 0 Å². The average Bonchev–Trinajstić information content (AvgIpc) is 3.39. The van der Waals surface area contributed by atoms with E-state index in [4.69, 9.17) is 33.2 Å². The number of hydrogen-bond donors (Lipinski definition) is 0. The predicted octanol–water partition coefficient (Wildman–Crippen LogP) is 3.25. The van der Waals surface area contributed by atoms with Crippen molar-refractivity contribution in [2.45, 2.75) is 6.42 Å². The number of ether oxygens (including phenoxy) is 7. The number of benzene rings is 2. The molecule has 2 aromatic carbocycles. The zero-order chi connectivity index (χ0) is 22.0. The van der Waals surface area contributed by atoms with Crippen LogP contribution in [0.2, 0.25) is 0 Å². The van der Waals surface area contributed by atoms with Gasteiger partial charge in [0.05, 0.1) is 35.0 Å². The first-order valence-corrected chi connectivity index (χ1v) is 9.73. The van der Waals surface area contributed by atoms with Gasteiger partial charge < -0.3 is 33.2 Å². The highest BCUT2D eigenvalue weighted by atomic mass is 16.7. The number of hydrogen-bond acceptors (Lipinski definition) is 8. The van der Waals surface area contributed by atoms with Crippen molar-refractivity contribution < 1.29 is 38.0 Å². The monoisotopic (exact) mass is 428 g/mol. The molecule has 31 heavy (non-hydrogen) atoms. The maximum Gasteiger partial charge on any atom is 0.334 e. The van der Waals surface area contributed by atoms with Crippen molar-refractivity contribution in [1.82, 2.24) is 0 Å². The summed E-state index contributed by atoms with van der Waals surface area (Å²) in [6.07, 6.45) is 2.38. The van der Waals surface area contributed by atoms with Crippen LogP contribution in [0.25, 0.3) is 6.08 Å². The SMILES string of the molecule is COc1cc(C=C2C(=O)OC[C@H]2Cc2cc(OC)c3c(c2)OCO3)cc(OC)c1OC. The first-order chi connectivity index (χ1) is 15.1. The molecule has 0 bridgehead atoms.